The zero-order chi connectivity index (χ0) is 16.4. The molecule has 0 saturated heterocycles. The van der Waals surface area contributed by atoms with Crippen molar-refractivity contribution in [3.05, 3.63) is 59.8 Å². The number of halogens is 1. The first-order chi connectivity index (χ1) is 11.1. The van der Waals surface area contributed by atoms with Gasteiger partial charge >= 0.3 is 5.97 Å². The molecule has 0 saturated carbocycles. The van der Waals surface area contributed by atoms with Gasteiger partial charge in [0.25, 0.3) is 5.91 Å². The lowest BCUT2D eigenvalue weighted by Gasteiger charge is -2.05. The molecule has 7 nitrogen and oxygen atoms in total. The minimum Gasteiger partial charge on any atom is -0.465 e. The number of carbonyl (C=O) groups excluding carboxylic acids is 2. The molecule has 3 aromatic rings. The van der Waals surface area contributed by atoms with Gasteiger partial charge < -0.3 is 10.1 Å². The number of nitrogens with zero attached hydrogens (tertiary/aromatic N) is 3. The quantitative estimate of drug-likeness (QED) is 0.746. The minimum atomic E-state index is -0.546. The van der Waals surface area contributed by atoms with Gasteiger partial charge in [0, 0.05) is 5.56 Å². The third-order valence-corrected chi connectivity index (χ3v) is 3.13. The molecule has 0 fully saturated rings. The summed E-state index contributed by atoms with van der Waals surface area (Å²) in [4.78, 5) is 27.7. The molecule has 2 aromatic heterocycles. The number of aromatic nitrogens is 3. The van der Waals surface area contributed by atoms with E-state index in [0.717, 1.165) is 0 Å². The van der Waals surface area contributed by atoms with Crippen LogP contribution in [0, 0.1) is 5.82 Å². The maximum Gasteiger partial charge on any atom is 0.343 e. The first-order valence-corrected chi connectivity index (χ1v) is 6.57. The Hall–Kier alpha value is -3.29. The highest BCUT2D eigenvalue weighted by atomic mass is 19.1. The van der Waals surface area contributed by atoms with E-state index in [1.54, 1.807) is 0 Å². The van der Waals surface area contributed by atoms with Crippen LogP contribution in [0.3, 0.4) is 0 Å². The fourth-order valence-electron chi connectivity index (χ4n) is 2.00. The Morgan fingerprint density at radius 1 is 1.22 bits per heavy atom. The summed E-state index contributed by atoms with van der Waals surface area (Å²) in [6.07, 6.45) is 4.24. The fourth-order valence-corrected chi connectivity index (χ4v) is 2.00. The third-order valence-electron chi connectivity index (χ3n) is 3.13. The molecule has 0 aliphatic heterocycles. The topological polar surface area (TPSA) is 85.6 Å². The van der Waals surface area contributed by atoms with E-state index in [4.69, 9.17) is 0 Å². The second kappa shape index (κ2) is 5.84. The van der Waals surface area contributed by atoms with Gasteiger partial charge in [-0.3, -0.25) is 4.79 Å². The number of nitrogens with one attached hydrogen (secondary N) is 1. The molecule has 8 heteroatoms. The molecule has 0 atom stereocenters. The van der Waals surface area contributed by atoms with Crippen molar-refractivity contribution in [2.75, 3.05) is 12.4 Å². The predicted octanol–water partition coefficient (Wildman–Crippen LogP) is 1.91. The normalized spacial score (nSPS) is 10.5. The third kappa shape index (κ3) is 2.86. The Kier molecular flexibility index (Phi) is 3.71. The summed E-state index contributed by atoms with van der Waals surface area (Å²) in [5, 5.41) is 6.61. The largest absolute Gasteiger partial charge is 0.465 e. The second-order valence-electron chi connectivity index (χ2n) is 4.62. The van der Waals surface area contributed by atoms with E-state index in [1.165, 1.54) is 54.5 Å². The van der Waals surface area contributed by atoms with Gasteiger partial charge in [0.2, 0.25) is 0 Å². The summed E-state index contributed by atoms with van der Waals surface area (Å²) in [6, 6.07) is 5.15. The average molecular weight is 314 g/mol. The molecule has 0 unspecified atom stereocenters. The van der Waals surface area contributed by atoms with Gasteiger partial charge in [0.1, 0.15) is 11.4 Å². The molecule has 1 amide bonds. The Morgan fingerprint density at radius 3 is 2.65 bits per heavy atom. The maximum absolute atomic E-state index is 12.9. The Balaban J connectivity index is 1.85. The Morgan fingerprint density at radius 2 is 1.96 bits per heavy atom. The summed E-state index contributed by atoms with van der Waals surface area (Å²) in [7, 11) is 1.27. The highest BCUT2D eigenvalue weighted by Gasteiger charge is 2.15. The fraction of sp³-hybridized carbons (Fsp3) is 0.0667. The van der Waals surface area contributed by atoms with Gasteiger partial charge in [-0.15, -0.1) is 0 Å². The van der Waals surface area contributed by atoms with Crippen molar-refractivity contribution in [1.82, 2.24) is 14.6 Å². The molecule has 23 heavy (non-hydrogen) atoms. The molecule has 0 aliphatic carbocycles. The van der Waals surface area contributed by atoms with Gasteiger partial charge in [0.05, 0.1) is 31.4 Å². The molecule has 0 bridgehead atoms. The van der Waals surface area contributed by atoms with Crippen LogP contribution in [0.2, 0.25) is 0 Å². The molecule has 0 spiro atoms. The van der Waals surface area contributed by atoms with Crippen molar-refractivity contribution in [3.63, 3.8) is 0 Å². The van der Waals surface area contributed by atoms with E-state index >= 15 is 0 Å². The van der Waals surface area contributed by atoms with Crippen LogP contribution in [0.1, 0.15) is 20.7 Å². The van der Waals surface area contributed by atoms with Crippen molar-refractivity contribution in [2.24, 2.45) is 0 Å². The molecule has 0 radical (unpaired) electrons. The van der Waals surface area contributed by atoms with Crippen LogP contribution < -0.4 is 5.32 Å². The molecule has 0 aliphatic rings. The van der Waals surface area contributed by atoms with E-state index < -0.39 is 17.7 Å². The summed E-state index contributed by atoms with van der Waals surface area (Å²) in [6.45, 7) is 0. The summed E-state index contributed by atoms with van der Waals surface area (Å²) < 4.78 is 18.8. The highest BCUT2D eigenvalue weighted by molar-refractivity contribution is 6.04. The zero-order valence-electron chi connectivity index (χ0n) is 12.0. The molecular formula is C15H11FN4O3. The minimum absolute atomic E-state index is 0.226. The van der Waals surface area contributed by atoms with Gasteiger partial charge in [-0.05, 0) is 24.3 Å². The number of rotatable bonds is 3. The summed E-state index contributed by atoms with van der Waals surface area (Å²) in [5.74, 6) is -1.38. The summed E-state index contributed by atoms with van der Waals surface area (Å²) >= 11 is 0. The number of amides is 1. The first-order valence-electron chi connectivity index (χ1n) is 6.57. The van der Waals surface area contributed by atoms with Crippen LogP contribution in [0.5, 0.6) is 0 Å². The van der Waals surface area contributed by atoms with Crippen molar-refractivity contribution in [3.8, 4) is 0 Å². The van der Waals surface area contributed by atoms with Gasteiger partial charge in [-0.25, -0.2) is 18.7 Å². The van der Waals surface area contributed by atoms with Crippen LogP contribution in [0.15, 0.2) is 42.9 Å². The van der Waals surface area contributed by atoms with E-state index in [-0.39, 0.29) is 5.56 Å². The van der Waals surface area contributed by atoms with Gasteiger partial charge in [0.15, 0.2) is 5.65 Å². The number of ether oxygens (including phenoxy) is 1. The van der Waals surface area contributed by atoms with Crippen molar-refractivity contribution >= 4 is 23.2 Å². The molecule has 2 heterocycles. The van der Waals surface area contributed by atoms with Crippen molar-refractivity contribution < 1.29 is 18.7 Å². The van der Waals surface area contributed by atoms with E-state index in [2.05, 4.69) is 20.1 Å². The lowest BCUT2D eigenvalue weighted by Crippen LogP contribution is -2.13. The Labute approximate surface area is 129 Å². The monoisotopic (exact) mass is 314 g/mol. The number of anilines is 1. The number of carbonyl (C=O) groups is 2. The predicted molar refractivity (Wildman–Crippen MR) is 78.7 cm³/mol. The summed E-state index contributed by atoms with van der Waals surface area (Å²) in [5.41, 5.74) is 1.23. The molecule has 1 aromatic carbocycles. The molecule has 1 N–H and O–H groups in total. The Bertz CT molecular complexity index is 889. The number of fused-ring (bicyclic) bond motifs is 1. The van der Waals surface area contributed by atoms with Crippen LogP contribution in [-0.2, 0) is 4.74 Å². The maximum atomic E-state index is 12.9. The zero-order valence-corrected chi connectivity index (χ0v) is 12.0. The second-order valence-corrected chi connectivity index (χ2v) is 4.62. The standard InChI is InChI=1S/C15H11FN4O3/c1-23-15(22)12-7-18-20-8-11(6-17-13(12)20)19-14(21)9-2-4-10(16)5-3-9/h2-8H,1H3,(H,19,21). The van der Waals surface area contributed by atoms with Gasteiger partial charge in [-0.2, -0.15) is 5.10 Å². The van der Waals surface area contributed by atoms with Crippen LogP contribution in [0.4, 0.5) is 10.1 Å². The number of methoxy groups -OCH3 is 1. The molecule has 116 valence electrons. The highest BCUT2D eigenvalue weighted by Crippen LogP contribution is 2.14. The lowest BCUT2D eigenvalue weighted by molar-refractivity contribution is 0.0602. The van der Waals surface area contributed by atoms with Crippen molar-refractivity contribution in [2.45, 2.75) is 0 Å². The molecular weight excluding hydrogens is 303 g/mol. The van der Waals surface area contributed by atoms with Crippen LogP contribution in [0.25, 0.3) is 5.65 Å². The van der Waals surface area contributed by atoms with E-state index in [1.807, 2.05) is 0 Å². The number of esters is 1. The van der Waals surface area contributed by atoms with E-state index in [0.29, 0.717) is 16.9 Å². The van der Waals surface area contributed by atoms with Crippen LogP contribution in [-0.4, -0.2) is 33.6 Å². The number of benzene rings is 1. The first kappa shape index (κ1) is 14.6. The number of hydrogen-bond acceptors (Lipinski definition) is 5. The van der Waals surface area contributed by atoms with Gasteiger partial charge in [-0.1, -0.05) is 0 Å². The van der Waals surface area contributed by atoms with Crippen molar-refractivity contribution in [1.29, 1.82) is 0 Å². The SMILES string of the molecule is COC(=O)c1cnn2cc(NC(=O)c3ccc(F)cc3)cnc12. The lowest BCUT2D eigenvalue weighted by atomic mass is 10.2. The average Bonchev–Trinajstić information content (AvgIpc) is 2.98. The smallest absolute Gasteiger partial charge is 0.343 e. The number of hydrogen-bond donors (Lipinski definition) is 1. The molecule has 3 rings (SSSR count). The van der Waals surface area contributed by atoms with E-state index in [9.17, 15) is 14.0 Å². The van der Waals surface area contributed by atoms with Crippen LogP contribution >= 0.6 is 0 Å².